The van der Waals surface area contributed by atoms with Gasteiger partial charge in [0.2, 0.25) is 5.91 Å². The largest absolute Gasteiger partial charge is 0.467 e. The number of nitrogens with one attached hydrogen (secondary N) is 1. The molecular weight excluding hydrogens is 332 g/mol. The average molecular weight is 354 g/mol. The van der Waals surface area contributed by atoms with Crippen molar-refractivity contribution in [3.05, 3.63) is 36.2 Å². The summed E-state index contributed by atoms with van der Waals surface area (Å²) in [5.41, 5.74) is 0.839. The molecule has 136 valence electrons. The van der Waals surface area contributed by atoms with E-state index in [1.54, 1.807) is 10.9 Å². The summed E-state index contributed by atoms with van der Waals surface area (Å²) >= 11 is 0. The van der Waals surface area contributed by atoms with Crippen LogP contribution in [0.25, 0.3) is 11.0 Å². The van der Waals surface area contributed by atoms with E-state index < -0.39 is 0 Å². The molecule has 0 aromatic carbocycles. The molecule has 26 heavy (non-hydrogen) atoms. The van der Waals surface area contributed by atoms with Gasteiger partial charge in [0.25, 0.3) is 0 Å². The van der Waals surface area contributed by atoms with Crippen LogP contribution in [0.4, 0.5) is 5.82 Å². The minimum Gasteiger partial charge on any atom is -0.467 e. The summed E-state index contributed by atoms with van der Waals surface area (Å²) in [6.07, 6.45) is 5.03. The van der Waals surface area contributed by atoms with E-state index in [2.05, 4.69) is 25.3 Å². The predicted molar refractivity (Wildman–Crippen MR) is 96.5 cm³/mol. The van der Waals surface area contributed by atoms with E-state index in [0.29, 0.717) is 6.54 Å². The predicted octanol–water partition coefficient (Wildman–Crippen LogP) is 1.80. The van der Waals surface area contributed by atoms with Crippen molar-refractivity contribution in [1.82, 2.24) is 25.1 Å². The lowest BCUT2D eigenvalue weighted by molar-refractivity contribution is -0.125. The molecule has 0 saturated carbocycles. The molecule has 1 saturated heterocycles. The Labute approximate surface area is 151 Å². The molecule has 0 bridgehead atoms. The van der Waals surface area contributed by atoms with Crippen LogP contribution in [0.5, 0.6) is 0 Å². The zero-order chi connectivity index (χ0) is 18.1. The number of aryl methyl sites for hydroxylation is 2. The lowest BCUT2D eigenvalue weighted by atomic mass is 9.95. The summed E-state index contributed by atoms with van der Waals surface area (Å²) < 4.78 is 7.02. The number of amides is 1. The van der Waals surface area contributed by atoms with Gasteiger partial charge in [0.05, 0.1) is 24.4 Å². The van der Waals surface area contributed by atoms with Gasteiger partial charge in [0.1, 0.15) is 17.4 Å². The molecule has 1 aliphatic heterocycles. The number of rotatable bonds is 4. The number of nitrogens with zero attached hydrogens (tertiary/aromatic N) is 5. The first-order valence-electron chi connectivity index (χ1n) is 8.83. The van der Waals surface area contributed by atoms with Crippen molar-refractivity contribution in [3.63, 3.8) is 0 Å². The van der Waals surface area contributed by atoms with Gasteiger partial charge in [-0.1, -0.05) is 0 Å². The monoisotopic (exact) mass is 354 g/mol. The maximum atomic E-state index is 12.4. The zero-order valence-electron chi connectivity index (χ0n) is 15.0. The van der Waals surface area contributed by atoms with Crippen molar-refractivity contribution in [1.29, 1.82) is 0 Å². The molecule has 8 nitrogen and oxygen atoms in total. The molecule has 1 aliphatic rings. The number of carbonyl (C=O) groups excluding carboxylic acids is 1. The highest BCUT2D eigenvalue weighted by molar-refractivity contribution is 5.87. The van der Waals surface area contributed by atoms with Crippen LogP contribution in [-0.2, 0) is 18.4 Å². The Kier molecular flexibility index (Phi) is 4.32. The standard InChI is InChI=1S/C18H22N6O2/c1-12-21-16-15(11-20-23(16)2)17(22-12)24-7-5-13(6-8-24)18(25)19-10-14-4-3-9-26-14/h3-4,9,11,13H,5-8,10H2,1-2H3,(H,19,25). The van der Waals surface area contributed by atoms with Crippen LogP contribution in [0.3, 0.4) is 0 Å². The minimum atomic E-state index is 0.0218. The first kappa shape index (κ1) is 16.6. The van der Waals surface area contributed by atoms with Crippen LogP contribution in [0, 0.1) is 12.8 Å². The summed E-state index contributed by atoms with van der Waals surface area (Å²) in [6, 6.07) is 3.68. The Bertz CT molecular complexity index is 909. The number of carbonyl (C=O) groups is 1. The van der Waals surface area contributed by atoms with Crippen LogP contribution in [0.1, 0.15) is 24.4 Å². The molecule has 3 aromatic rings. The number of hydrogen-bond acceptors (Lipinski definition) is 6. The molecule has 4 rings (SSSR count). The maximum absolute atomic E-state index is 12.4. The quantitative estimate of drug-likeness (QED) is 0.768. The highest BCUT2D eigenvalue weighted by Crippen LogP contribution is 2.28. The van der Waals surface area contributed by atoms with Gasteiger partial charge in [-0.15, -0.1) is 0 Å². The Morgan fingerprint density at radius 2 is 2.15 bits per heavy atom. The first-order chi connectivity index (χ1) is 12.6. The lowest BCUT2D eigenvalue weighted by Crippen LogP contribution is -2.40. The van der Waals surface area contributed by atoms with Gasteiger partial charge in [-0.05, 0) is 31.9 Å². The van der Waals surface area contributed by atoms with E-state index in [4.69, 9.17) is 4.42 Å². The molecule has 1 N–H and O–H groups in total. The van der Waals surface area contributed by atoms with Crippen molar-refractivity contribution < 1.29 is 9.21 Å². The second-order valence-electron chi connectivity index (χ2n) is 6.66. The number of hydrogen-bond donors (Lipinski definition) is 1. The van der Waals surface area contributed by atoms with Crippen LogP contribution in [-0.4, -0.2) is 38.7 Å². The molecule has 4 heterocycles. The zero-order valence-corrected chi connectivity index (χ0v) is 15.0. The number of piperidine rings is 1. The fraction of sp³-hybridized carbons (Fsp3) is 0.444. The number of anilines is 1. The Morgan fingerprint density at radius 1 is 1.35 bits per heavy atom. The van der Waals surface area contributed by atoms with Gasteiger partial charge in [-0.3, -0.25) is 9.48 Å². The van der Waals surface area contributed by atoms with Crippen molar-refractivity contribution in [2.24, 2.45) is 13.0 Å². The SMILES string of the molecule is Cc1nc(N2CCC(C(=O)NCc3ccco3)CC2)c2cnn(C)c2n1. The molecule has 0 aliphatic carbocycles. The summed E-state index contributed by atoms with van der Waals surface area (Å²) in [4.78, 5) is 23.7. The number of aromatic nitrogens is 4. The van der Waals surface area contributed by atoms with E-state index in [1.165, 1.54) is 0 Å². The molecule has 1 fully saturated rings. The van der Waals surface area contributed by atoms with E-state index in [1.807, 2.05) is 32.3 Å². The van der Waals surface area contributed by atoms with E-state index in [9.17, 15) is 4.79 Å². The van der Waals surface area contributed by atoms with E-state index >= 15 is 0 Å². The second-order valence-corrected chi connectivity index (χ2v) is 6.66. The average Bonchev–Trinajstić information content (AvgIpc) is 3.30. The lowest BCUT2D eigenvalue weighted by Gasteiger charge is -2.32. The van der Waals surface area contributed by atoms with Gasteiger partial charge >= 0.3 is 0 Å². The summed E-state index contributed by atoms with van der Waals surface area (Å²) in [6.45, 7) is 3.91. The Balaban J connectivity index is 1.41. The maximum Gasteiger partial charge on any atom is 0.223 e. The van der Waals surface area contributed by atoms with E-state index in [0.717, 1.165) is 54.4 Å². The molecule has 8 heteroatoms. The van der Waals surface area contributed by atoms with Crippen LogP contribution in [0.15, 0.2) is 29.0 Å². The third kappa shape index (κ3) is 3.14. The second kappa shape index (κ2) is 6.78. The highest BCUT2D eigenvalue weighted by atomic mass is 16.3. The van der Waals surface area contributed by atoms with E-state index in [-0.39, 0.29) is 11.8 Å². The number of fused-ring (bicyclic) bond motifs is 1. The topological polar surface area (TPSA) is 89.1 Å². The summed E-state index contributed by atoms with van der Waals surface area (Å²) in [7, 11) is 1.88. The minimum absolute atomic E-state index is 0.0218. The van der Waals surface area contributed by atoms with Crippen molar-refractivity contribution in [3.8, 4) is 0 Å². The van der Waals surface area contributed by atoms with Gasteiger partial charge in [-0.25, -0.2) is 9.97 Å². The highest BCUT2D eigenvalue weighted by Gasteiger charge is 2.27. The van der Waals surface area contributed by atoms with Gasteiger partial charge in [-0.2, -0.15) is 5.10 Å². The molecule has 3 aromatic heterocycles. The Hall–Kier alpha value is -2.90. The molecule has 0 unspecified atom stereocenters. The molecule has 0 radical (unpaired) electrons. The number of furan rings is 1. The molecular formula is C18H22N6O2. The van der Waals surface area contributed by atoms with Gasteiger partial charge in [0, 0.05) is 26.1 Å². The van der Waals surface area contributed by atoms with Crippen LogP contribution >= 0.6 is 0 Å². The third-order valence-corrected chi connectivity index (χ3v) is 4.87. The van der Waals surface area contributed by atoms with Gasteiger partial charge in [0.15, 0.2) is 5.65 Å². The van der Waals surface area contributed by atoms with Crippen LogP contribution < -0.4 is 10.2 Å². The Morgan fingerprint density at radius 3 is 2.88 bits per heavy atom. The molecule has 1 amide bonds. The fourth-order valence-corrected chi connectivity index (χ4v) is 3.44. The molecule has 0 atom stereocenters. The van der Waals surface area contributed by atoms with Crippen molar-refractivity contribution in [2.45, 2.75) is 26.3 Å². The first-order valence-corrected chi connectivity index (χ1v) is 8.83. The fourth-order valence-electron chi connectivity index (χ4n) is 3.44. The van der Waals surface area contributed by atoms with Crippen LogP contribution in [0.2, 0.25) is 0 Å². The van der Waals surface area contributed by atoms with Crippen molar-refractivity contribution in [2.75, 3.05) is 18.0 Å². The third-order valence-electron chi connectivity index (χ3n) is 4.87. The van der Waals surface area contributed by atoms with Crippen molar-refractivity contribution >= 4 is 22.8 Å². The summed E-state index contributed by atoms with van der Waals surface area (Å²) in [5, 5.41) is 8.22. The normalized spacial score (nSPS) is 15.5. The smallest absolute Gasteiger partial charge is 0.223 e. The van der Waals surface area contributed by atoms with Gasteiger partial charge < -0.3 is 14.6 Å². The summed E-state index contributed by atoms with van der Waals surface area (Å²) in [5.74, 6) is 2.52. The molecule has 0 spiro atoms.